The molecule has 2 aromatic heterocycles. The van der Waals surface area contributed by atoms with E-state index in [9.17, 15) is 33.6 Å². The van der Waals surface area contributed by atoms with E-state index in [0.717, 1.165) is 18.1 Å². The summed E-state index contributed by atoms with van der Waals surface area (Å²) in [4.78, 5) is 57.8. The maximum atomic E-state index is 12.0. The molecule has 0 radical (unpaired) electrons. The van der Waals surface area contributed by atoms with E-state index in [4.69, 9.17) is 14.7 Å². The SMILES string of the molecule is O=c1[nH]cnc2ncn(C3SC(COP(=O)(O)OP(=O)(O)OP(=O)(O)O)C(O)C3O)c12. The van der Waals surface area contributed by atoms with Crippen molar-refractivity contribution in [2.45, 2.75) is 22.8 Å². The lowest BCUT2D eigenvalue weighted by Gasteiger charge is -2.19. The minimum absolute atomic E-state index is 0.000198. The van der Waals surface area contributed by atoms with Crippen molar-refractivity contribution in [2.24, 2.45) is 0 Å². The molecule has 21 heteroatoms. The smallest absolute Gasteiger partial charge is 0.389 e. The third kappa shape index (κ3) is 5.89. The predicted molar refractivity (Wildman–Crippen MR) is 100 cm³/mol. The van der Waals surface area contributed by atoms with Crippen molar-refractivity contribution in [2.75, 3.05) is 6.61 Å². The number of aromatic amines is 1. The van der Waals surface area contributed by atoms with Gasteiger partial charge in [-0.1, -0.05) is 0 Å². The van der Waals surface area contributed by atoms with Gasteiger partial charge in [-0.15, -0.1) is 11.8 Å². The Morgan fingerprint density at radius 2 is 1.74 bits per heavy atom. The molecule has 1 fully saturated rings. The molecule has 1 saturated heterocycles. The maximum Gasteiger partial charge on any atom is 0.490 e. The lowest BCUT2D eigenvalue weighted by atomic mass is 10.1. The number of rotatable bonds is 8. The van der Waals surface area contributed by atoms with Crippen LogP contribution in [0.3, 0.4) is 0 Å². The number of aliphatic hydroxyl groups is 2. The van der Waals surface area contributed by atoms with Crippen LogP contribution in [0.2, 0.25) is 0 Å². The number of aromatic nitrogens is 4. The van der Waals surface area contributed by atoms with E-state index in [1.807, 2.05) is 0 Å². The molecule has 0 aliphatic carbocycles. The number of nitrogens with one attached hydrogen (secondary N) is 1. The second kappa shape index (κ2) is 8.76. The van der Waals surface area contributed by atoms with Crippen molar-refractivity contribution < 1.29 is 56.6 Å². The zero-order valence-electron chi connectivity index (χ0n) is 14.8. The summed E-state index contributed by atoms with van der Waals surface area (Å²) in [6.07, 6.45) is -0.710. The van der Waals surface area contributed by atoms with Gasteiger partial charge in [-0.25, -0.2) is 23.7 Å². The van der Waals surface area contributed by atoms with E-state index >= 15 is 0 Å². The van der Waals surface area contributed by atoms with E-state index < -0.39 is 58.5 Å². The highest BCUT2D eigenvalue weighted by atomic mass is 32.2. The number of fused-ring (bicyclic) bond motifs is 1. The fourth-order valence-electron chi connectivity index (χ4n) is 2.65. The number of H-pyrrole nitrogens is 1. The fourth-order valence-corrected chi connectivity index (χ4v) is 7.23. The zero-order valence-corrected chi connectivity index (χ0v) is 18.3. The van der Waals surface area contributed by atoms with Crippen LogP contribution in [-0.4, -0.2) is 73.4 Å². The van der Waals surface area contributed by atoms with Gasteiger partial charge in [-0.2, -0.15) is 8.62 Å². The van der Waals surface area contributed by atoms with Gasteiger partial charge in [0.2, 0.25) is 0 Å². The normalized spacial score (nSPS) is 28.5. The molecule has 17 nitrogen and oxygen atoms in total. The van der Waals surface area contributed by atoms with E-state index in [1.165, 1.54) is 10.9 Å². The molecule has 7 N–H and O–H groups in total. The summed E-state index contributed by atoms with van der Waals surface area (Å²) in [7, 11) is -16.6. The number of nitrogens with zero attached hydrogens (tertiary/aromatic N) is 3. The summed E-state index contributed by atoms with van der Waals surface area (Å²) in [6, 6.07) is 0. The quantitative estimate of drug-likeness (QED) is 0.200. The molecule has 3 rings (SSSR count). The molecule has 0 bridgehead atoms. The van der Waals surface area contributed by atoms with Crippen LogP contribution in [0.5, 0.6) is 0 Å². The minimum atomic E-state index is -5.69. The Labute approximate surface area is 175 Å². The molecule has 174 valence electrons. The number of aliphatic hydroxyl groups excluding tert-OH is 2. The molecular formula is C10H15N4O13P3S. The molecule has 2 aromatic rings. The Bertz CT molecular complexity index is 1160. The van der Waals surface area contributed by atoms with Crippen molar-refractivity contribution in [3.8, 4) is 0 Å². The molecular weight excluding hydrogens is 509 g/mol. The largest absolute Gasteiger partial charge is 0.490 e. The topological polar surface area (TPSA) is 264 Å². The van der Waals surface area contributed by atoms with Gasteiger partial charge in [0.1, 0.15) is 11.5 Å². The summed E-state index contributed by atoms with van der Waals surface area (Å²) in [6.45, 7) is -0.815. The van der Waals surface area contributed by atoms with Gasteiger partial charge in [0.25, 0.3) is 5.56 Å². The third-order valence-corrected chi connectivity index (χ3v) is 9.15. The highest BCUT2D eigenvalue weighted by Gasteiger charge is 2.46. The van der Waals surface area contributed by atoms with Gasteiger partial charge in [0.15, 0.2) is 11.2 Å². The number of hydrogen-bond donors (Lipinski definition) is 7. The average Bonchev–Trinajstić information content (AvgIpc) is 3.13. The van der Waals surface area contributed by atoms with Crippen LogP contribution < -0.4 is 5.56 Å². The van der Waals surface area contributed by atoms with Crippen LogP contribution in [0.4, 0.5) is 0 Å². The summed E-state index contributed by atoms with van der Waals surface area (Å²) in [5.41, 5.74) is -0.496. The molecule has 0 amide bonds. The molecule has 1 aliphatic heterocycles. The Balaban J connectivity index is 1.71. The van der Waals surface area contributed by atoms with Gasteiger partial charge < -0.3 is 39.3 Å². The van der Waals surface area contributed by atoms with Gasteiger partial charge in [0, 0.05) is 0 Å². The van der Waals surface area contributed by atoms with Crippen molar-refractivity contribution >= 4 is 46.4 Å². The first kappa shape index (κ1) is 24.7. The molecule has 1 aliphatic rings. The van der Waals surface area contributed by atoms with E-state index in [0.29, 0.717) is 0 Å². The summed E-state index contributed by atoms with van der Waals surface area (Å²) in [5, 5.41) is 18.5. The van der Waals surface area contributed by atoms with Crippen molar-refractivity contribution in [1.82, 2.24) is 19.5 Å². The van der Waals surface area contributed by atoms with Gasteiger partial charge in [0.05, 0.1) is 30.6 Å². The lowest BCUT2D eigenvalue weighted by molar-refractivity contribution is 0.0111. The molecule has 6 unspecified atom stereocenters. The highest BCUT2D eigenvalue weighted by Crippen LogP contribution is 2.66. The van der Waals surface area contributed by atoms with Crippen LogP contribution in [0.15, 0.2) is 17.4 Å². The molecule has 0 aromatic carbocycles. The van der Waals surface area contributed by atoms with Crippen molar-refractivity contribution in [3.63, 3.8) is 0 Å². The molecule has 0 spiro atoms. The standard InChI is InChI=1S/C10H15N4O13P3S/c15-6-4(1-25-29(21,22)27-30(23,24)26-28(18,19)20)31-10(7(6)16)14-3-13-8-5(14)9(17)12-2-11-8/h2-4,6-7,10,15-16H,1H2,(H,21,22)(H,23,24)(H,11,12,17)(H2,18,19,20). The summed E-state index contributed by atoms with van der Waals surface area (Å²) < 4.78 is 46.7. The van der Waals surface area contributed by atoms with Crippen molar-refractivity contribution in [1.29, 1.82) is 0 Å². The highest BCUT2D eigenvalue weighted by molar-refractivity contribution is 8.00. The second-order valence-electron chi connectivity index (χ2n) is 5.99. The van der Waals surface area contributed by atoms with Crippen LogP contribution in [0.25, 0.3) is 11.2 Å². The second-order valence-corrected chi connectivity index (χ2v) is 11.8. The lowest BCUT2D eigenvalue weighted by Crippen LogP contribution is -2.33. The number of thioether (sulfide) groups is 1. The average molecular weight is 524 g/mol. The van der Waals surface area contributed by atoms with E-state index in [1.54, 1.807) is 0 Å². The zero-order chi connectivity index (χ0) is 23.2. The molecule has 31 heavy (non-hydrogen) atoms. The first-order valence-electron chi connectivity index (χ1n) is 7.89. The van der Waals surface area contributed by atoms with Gasteiger partial charge in [-0.05, 0) is 0 Å². The van der Waals surface area contributed by atoms with Crippen LogP contribution in [0, 0.1) is 0 Å². The minimum Gasteiger partial charge on any atom is -0.389 e. The summed E-state index contributed by atoms with van der Waals surface area (Å²) in [5.74, 6) is 0. The number of hydrogen-bond acceptors (Lipinski definition) is 12. The van der Waals surface area contributed by atoms with Crippen LogP contribution >= 0.6 is 35.2 Å². The number of imidazole rings is 1. The molecule has 0 saturated carbocycles. The monoisotopic (exact) mass is 524 g/mol. The maximum absolute atomic E-state index is 12.0. The molecule has 6 atom stereocenters. The number of phosphoric acid groups is 3. The van der Waals surface area contributed by atoms with E-state index in [2.05, 4.69) is 28.1 Å². The Hall–Kier alpha value is -0.970. The van der Waals surface area contributed by atoms with Gasteiger partial charge >= 0.3 is 23.5 Å². The molecule has 3 heterocycles. The fraction of sp³-hybridized carbons (Fsp3) is 0.500. The summed E-state index contributed by atoms with van der Waals surface area (Å²) >= 11 is 0.819. The van der Waals surface area contributed by atoms with Crippen molar-refractivity contribution in [3.05, 3.63) is 23.0 Å². The third-order valence-electron chi connectivity index (χ3n) is 3.80. The number of phosphoric ester groups is 1. The Kier molecular flexibility index (Phi) is 6.97. The van der Waals surface area contributed by atoms with Gasteiger partial charge in [-0.3, -0.25) is 9.32 Å². The first-order valence-corrected chi connectivity index (χ1v) is 13.4. The first-order chi connectivity index (χ1) is 14.2. The predicted octanol–water partition coefficient (Wildman–Crippen LogP) is -1.20. The Morgan fingerprint density at radius 1 is 1.06 bits per heavy atom. The van der Waals surface area contributed by atoms with E-state index in [-0.39, 0.29) is 11.2 Å². The van der Waals surface area contributed by atoms with Crippen LogP contribution in [-0.2, 0) is 26.8 Å². The Morgan fingerprint density at radius 3 is 2.39 bits per heavy atom. The van der Waals surface area contributed by atoms with Crippen LogP contribution in [0.1, 0.15) is 5.37 Å².